The number of hydrogen-bond acceptors (Lipinski definition) is 4. The molecule has 0 aromatic carbocycles. The molecule has 0 saturated heterocycles. The van der Waals surface area contributed by atoms with Crippen molar-refractivity contribution >= 4 is 12.0 Å². The number of rotatable bonds is 3. The number of carbonyl (C=O) groups is 2. The molecule has 0 unspecified atom stereocenters. The van der Waals surface area contributed by atoms with E-state index in [0.717, 1.165) is 0 Å². The van der Waals surface area contributed by atoms with E-state index in [4.69, 9.17) is 4.74 Å². The van der Waals surface area contributed by atoms with Gasteiger partial charge in [-0.2, -0.15) is 0 Å². The Labute approximate surface area is 82.9 Å². The van der Waals surface area contributed by atoms with E-state index in [1.54, 1.807) is 20.8 Å². The van der Waals surface area contributed by atoms with Gasteiger partial charge in [-0.05, 0) is 20.8 Å². The minimum atomic E-state index is -0.635. The smallest absolute Gasteiger partial charge is 0.408 e. The van der Waals surface area contributed by atoms with Crippen molar-refractivity contribution < 1.29 is 19.2 Å². The maximum absolute atomic E-state index is 11.0. The number of hydroxylamine groups is 1. The van der Waals surface area contributed by atoms with Crippen LogP contribution in [0.2, 0.25) is 0 Å². The van der Waals surface area contributed by atoms with Crippen LogP contribution in [0.5, 0.6) is 0 Å². The summed E-state index contributed by atoms with van der Waals surface area (Å²) >= 11 is 0. The summed E-state index contributed by atoms with van der Waals surface area (Å²) in [5.41, 5.74) is 1.49. The Morgan fingerprint density at radius 1 is 1.29 bits per heavy atom. The van der Waals surface area contributed by atoms with E-state index in [2.05, 4.69) is 15.6 Å². The molecule has 0 atom stereocenters. The normalized spacial score (nSPS) is 10.6. The van der Waals surface area contributed by atoms with E-state index in [0.29, 0.717) is 0 Å². The first kappa shape index (κ1) is 12.7. The number of amides is 2. The molecule has 0 spiro atoms. The van der Waals surface area contributed by atoms with Crippen molar-refractivity contribution in [3.8, 4) is 0 Å². The first-order chi connectivity index (χ1) is 6.35. The highest BCUT2D eigenvalue weighted by molar-refractivity contribution is 5.81. The molecule has 0 radical (unpaired) electrons. The Hall–Kier alpha value is -1.30. The topological polar surface area (TPSA) is 76.7 Å². The fraction of sp³-hybridized carbons (Fsp3) is 0.750. The Kier molecular flexibility index (Phi) is 4.93. The van der Waals surface area contributed by atoms with Gasteiger partial charge in [0, 0.05) is 0 Å². The molecule has 0 fully saturated rings. The van der Waals surface area contributed by atoms with Gasteiger partial charge in [-0.15, -0.1) is 0 Å². The number of carbonyl (C=O) groups excluding carboxylic acids is 2. The van der Waals surface area contributed by atoms with Gasteiger partial charge >= 0.3 is 6.09 Å². The molecule has 0 aromatic heterocycles. The Bertz CT molecular complexity index is 210. The zero-order chi connectivity index (χ0) is 11.2. The predicted molar refractivity (Wildman–Crippen MR) is 49.4 cm³/mol. The van der Waals surface area contributed by atoms with E-state index in [-0.39, 0.29) is 6.54 Å². The van der Waals surface area contributed by atoms with Gasteiger partial charge in [-0.25, -0.2) is 10.3 Å². The van der Waals surface area contributed by atoms with Gasteiger partial charge in [0.05, 0.1) is 7.11 Å². The maximum Gasteiger partial charge on any atom is 0.408 e. The first-order valence-electron chi connectivity index (χ1n) is 4.14. The summed E-state index contributed by atoms with van der Waals surface area (Å²) in [6, 6.07) is 0. The molecule has 0 heterocycles. The molecule has 0 aromatic rings. The number of nitrogens with one attached hydrogen (secondary N) is 2. The summed E-state index contributed by atoms with van der Waals surface area (Å²) in [6.07, 6.45) is -0.635. The van der Waals surface area contributed by atoms with Gasteiger partial charge in [-0.1, -0.05) is 0 Å². The first-order valence-corrected chi connectivity index (χ1v) is 4.14. The molecule has 2 N–H and O–H groups in total. The van der Waals surface area contributed by atoms with Crippen molar-refractivity contribution in [1.82, 2.24) is 10.8 Å². The Balaban J connectivity index is 3.70. The molecule has 0 aliphatic heterocycles. The highest BCUT2D eigenvalue weighted by Gasteiger charge is 2.16. The Morgan fingerprint density at radius 2 is 1.86 bits per heavy atom. The van der Waals surface area contributed by atoms with Crippen LogP contribution in [-0.4, -0.2) is 31.3 Å². The van der Waals surface area contributed by atoms with Gasteiger partial charge in [0.2, 0.25) is 0 Å². The highest BCUT2D eigenvalue weighted by atomic mass is 16.6. The van der Waals surface area contributed by atoms with Crippen molar-refractivity contribution in [2.45, 2.75) is 26.4 Å². The average Bonchev–Trinajstić information content (AvgIpc) is 1.98. The lowest BCUT2D eigenvalue weighted by molar-refractivity contribution is -0.130. The Morgan fingerprint density at radius 3 is 2.29 bits per heavy atom. The van der Waals surface area contributed by atoms with Gasteiger partial charge in [0.15, 0.2) is 0 Å². The third-order valence-electron chi connectivity index (χ3n) is 1.01. The van der Waals surface area contributed by atoms with Crippen LogP contribution in [0.4, 0.5) is 4.79 Å². The van der Waals surface area contributed by atoms with Crippen LogP contribution in [0.3, 0.4) is 0 Å². The van der Waals surface area contributed by atoms with Gasteiger partial charge in [0.1, 0.15) is 12.1 Å². The van der Waals surface area contributed by atoms with E-state index in [1.807, 2.05) is 0 Å². The summed E-state index contributed by atoms with van der Waals surface area (Å²) in [7, 11) is 1.31. The van der Waals surface area contributed by atoms with Crippen molar-refractivity contribution in [3.63, 3.8) is 0 Å². The summed E-state index contributed by atoms with van der Waals surface area (Å²) < 4.78 is 4.90. The van der Waals surface area contributed by atoms with E-state index >= 15 is 0 Å². The minimum Gasteiger partial charge on any atom is -0.444 e. The molecule has 14 heavy (non-hydrogen) atoms. The van der Waals surface area contributed by atoms with Crippen molar-refractivity contribution in [1.29, 1.82) is 0 Å². The lowest BCUT2D eigenvalue weighted by Gasteiger charge is -2.19. The third-order valence-corrected chi connectivity index (χ3v) is 1.01. The molecular formula is C8H16N2O4. The summed E-state index contributed by atoms with van der Waals surface area (Å²) in [6.45, 7) is 5.04. The zero-order valence-electron chi connectivity index (χ0n) is 8.84. The molecule has 82 valence electrons. The van der Waals surface area contributed by atoms with E-state index in [1.165, 1.54) is 7.11 Å². The lowest BCUT2D eigenvalue weighted by atomic mass is 10.2. The van der Waals surface area contributed by atoms with Crippen molar-refractivity contribution in [2.75, 3.05) is 13.7 Å². The molecule has 0 bridgehead atoms. The number of alkyl carbamates (subject to hydrolysis) is 1. The summed E-state index contributed by atoms with van der Waals surface area (Å²) in [5.74, 6) is -0.446. The predicted octanol–water partition coefficient (Wildman–Crippen LogP) is 0.189. The standard InChI is InChI=1S/C8H16N2O4/c1-8(2,3)14-7(12)9-5-6(11)10-13-4/h5H2,1-4H3,(H,9,12)(H,10,11). The SMILES string of the molecule is CONC(=O)CNC(=O)OC(C)(C)C. The lowest BCUT2D eigenvalue weighted by Crippen LogP contribution is -2.39. The molecule has 0 aliphatic rings. The minimum absolute atomic E-state index is 0.178. The quantitative estimate of drug-likeness (QED) is 0.643. The number of ether oxygens (including phenoxy) is 1. The molecular weight excluding hydrogens is 188 g/mol. The fourth-order valence-electron chi connectivity index (χ4n) is 0.617. The largest absolute Gasteiger partial charge is 0.444 e. The van der Waals surface area contributed by atoms with Crippen LogP contribution in [-0.2, 0) is 14.4 Å². The molecule has 6 heteroatoms. The van der Waals surface area contributed by atoms with Crippen molar-refractivity contribution in [3.05, 3.63) is 0 Å². The molecule has 2 amide bonds. The highest BCUT2D eigenvalue weighted by Crippen LogP contribution is 2.05. The van der Waals surface area contributed by atoms with Crippen LogP contribution in [0, 0.1) is 0 Å². The molecule has 0 saturated carbocycles. The average molecular weight is 204 g/mol. The van der Waals surface area contributed by atoms with E-state index < -0.39 is 17.6 Å². The van der Waals surface area contributed by atoms with Crippen molar-refractivity contribution in [2.24, 2.45) is 0 Å². The summed E-state index contributed by atoms with van der Waals surface area (Å²) in [4.78, 5) is 26.2. The second-order valence-corrected chi connectivity index (χ2v) is 3.58. The number of hydrogen-bond donors (Lipinski definition) is 2. The van der Waals surface area contributed by atoms with Crippen LogP contribution in [0.25, 0.3) is 0 Å². The van der Waals surface area contributed by atoms with Crippen LogP contribution >= 0.6 is 0 Å². The van der Waals surface area contributed by atoms with Gasteiger partial charge < -0.3 is 10.1 Å². The monoisotopic (exact) mass is 204 g/mol. The molecule has 0 aliphatic carbocycles. The second-order valence-electron chi connectivity index (χ2n) is 3.58. The van der Waals surface area contributed by atoms with Crippen LogP contribution < -0.4 is 10.8 Å². The third kappa shape index (κ3) is 7.35. The maximum atomic E-state index is 11.0. The van der Waals surface area contributed by atoms with Gasteiger partial charge in [0.25, 0.3) is 5.91 Å². The molecule has 6 nitrogen and oxygen atoms in total. The van der Waals surface area contributed by atoms with Crippen LogP contribution in [0.15, 0.2) is 0 Å². The fourth-order valence-corrected chi connectivity index (χ4v) is 0.617. The molecule has 0 rings (SSSR count). The summed E-state index contributed by atoms with van der Waals surface area (Å²) in [5, 5.41) is 2.27. The second kappa shape index (κ2) is 5.43. The zero-order valence-corrected chi connectivity index (χ0v) is 8.84. The van der Waals surface area contributed by atoms with E-state index in [9.17, 15) is 9.59 Å². The van der Waals surface area contributed by atoms with Crippen LogP contribution in [0.1, 0.15) is 20.8 Å². The van der Waals surface area contributed by atoms with Gasteiger partial charge in [-0.3, -0.25) is 9.63 Å².